The Bertz CT molecular complexity index is 1410. The molecule has 7 N–H and O–H groups in total. The maximum absolute atomic E-state index is 13.1. The molecule has 2 heterocycles. The molecular formula is C61H112O15. The highest BCUT2D eigenvalue weighted by Crippen LogP contribution is 2.27. The van der Waals surface area contributed by atoms with Crippen LogP contribution in [0.1, 0.15) is 258 Å². The zero-order chi connectivity index (χ0) is 55.3. The van der Waals surface area contributed by atoms with Crippen molar-refractivity contribution < 1.29 is 73.8 Å². The highest BCUT2D eigenvalue weighted by atomic mass is 16.7. The van der Waals surface area contributed by atoms with Crippen molar-refractivity contribution in [3.63, 3.8) is 0 Å². The van der Waals surface area contributed by atoms with Gasteiger partial charge < -0.3 is 64.2 Å². The Morgan fingerprint density at radius 2 is 0.789 bits per heavy atom. The molecule has 15 heteroatoms. The molecule has 0 aromatic carbocycles. The van der Waals surface area contributed by atoms with Gasteiger partial charge in [-0.15, -0.1) is 0 Å². The molecule has 0 bridgehead atoms. The summed E-state index contributed by atoms with van der Waals surface area (Å²) in [4.78, 5) is 25.9. The van der Waals surface area contributed by atoms with E-state index in [-0.39, 0.29) is 26.1 Å². The molecule has 2 aliphatic rings. The van der Waals surface area contributed by atoms with Gasteiger partial charge in [0.1, 0.15) is 55.4 Å². The van der Waals surface area contributed by atoms with E-state index in [4.69, 9.17) is 28.4 Å². The topological polar surface area (TPSA) is 231 Å². The van der Waals surface area contributed by atoms with Gasteiger partial charge in [-0.25, -0.2) is 0 Å². The normalized spacial score (nSPS) is 24.4. The molecule has 446 valence electrons. The number of esters is 2. The van der Waals surface area contributed by atoms with E-state index in [2.05, 4.69) is 38.2 Å². The summed E-state index contributed by atoms with van der Waals surface area (Å²) in [5.41, 5.74) is 0. The smallest absolute Gasteiger partial charge is 0.306 e. The lowest BCUT2D eigenvalue weighted by atomic mass is 9.98. The van der Waals surface area contributed by atoms with Gasteiger partial charge in [0.25, 0.3) is 0 Å². The Hall–Kier alpha value is -2.02. The molecule has 11 atom stereocenters. The van der Waals surface area contributed by atoms with Crippen LogP contribution in [0.2, 0.25) is 0 Å². The first-order valence-electron chi connectivity index (χ1n) is 30.9. The van der Waals surface area contributed by atoms with E-state index in [1.807, 2.05) is 0 Å². The monoisotopic (exact) mass is 1080 g/mol. The van der Waals surface area contributed by atoms with Gasteiger partial charge in [0.05, 0.1) is 19.8 Å². The second-order valence-corrected chi connectivity index (χ2v) is 21.9. The van der Waals surface area contributed by atoms with Crippen molar-refractivity contribution in [3.05, 3.63) is 24.3 Å². The van der Waals surface area contributed by atoms with Crippen molar-refractivity contribution in [2.45, 2.75) is 325 Å². The van der Waals surface area contributed by atoms with E-state index >= 15 is 0 Å². The van der Waals surface area contributed by atoms with Gasteiger partial charge in [0.2, 0.25) is 0 Å². The molecule has 2 aliphatic heterocycles. The van der Waals surface area contributed by atoms with Crippen LogP contribution in [0.3, 0.4) is 0 Å². The van der Waals surface area contributed by atoms with Crippen LogP contribution in [0.5, 0.6) is 0 Å². The van der Waals surface area contributed by atoms with Crippen LogP contribution in [-0.4, -0.2) is 142 Å². The van der Waals surface area contributed by atoms with Crippen molar-refractivity contribution in [2.75, 3.05) is 26.4 Å². The summed E-state index contributed by atoms with van der Waals surface area (Å²) in [7, 11) is 0. The number of allylic oxidation sites excluding steroid dienone is 4. The molecule has 15 nitrogen and oxygen atoms in total. The number of hydrogen-bond acceptors (Lipinski definition) is 15. The van der Waals surface area contributed by atoms with Crippen molar-refractivity contribution in [2.24, 2.45) is 0 Å². The van der Waals surface area contributed by atoms with Crippen LogP contribution in [0.15, 0.2) is 24.3 Å². The largest absolute Gasteiger partial charge is 0.462 e. The Balaban J connectivity index is 1.70. The third kappa shape index (κ3) is 34.2. The lowest BCUT2D eigenvalue weighted by molar-refractivity contribution is -0.332. The van der Waals surface area contributed by atoms with Crippen LogP contribution in [0.25, 0.3) is 0 Å². The number of hydrogen-bond donors (Lipinski definition) is 7. The molecule has 0 aromatic rings. The van der Waals surface area contributed by atoms with Gasteiger partial charge in [0, 0.05) is 12.8 Å². The van der Waals surface area contributed by atoms with Gasteiger partial charge in [-0.1, -0.05) is 224 Å². The molecular weight excluding hydrogens is 973 g/mol. The molecule has 2 rings (SSSR count). The number of ether oxygens (including phenoxy) is 6. The minimum Gasteiger partial charge on any atom is -0.462 e. The third-order valence-electron chi connectivity index (χ3n) is 14.9. The number of rotatable bonds is 50. The highest BCUT2D eigenvalue weighted by molar-refractivity contribution is 5.70. The first-order valence-corrected chi connectivity index (χ1v) is 30.9. The van der Waals surface area contributed by atoms with E-state index in [1.54, 1.807) is 0 Å². The number of unbranched alkanes of at least 4 members (excludes halogenated alkanes) is 32. The van der Waals surface area contributed by atoms with Crippen molar-refractivity contribution in [1.82, 2.24) is 0 Å². The lowest BCUT2D eigenvalue weighted by Crippen LogP contribution is -2.61. The Morgan fingerprint density at radius 3 is 1.24 bits per heavy atom. The standard InChI is InChI=1S/C61H112O15/c1-3-5-7-9-11-13-15-17-19-21-22-23-24-25-26-27-28-30-31-33-35-37-39-41-43-52(63)71-46-49(74-53(64)44-42-40-38-36-34-32-29-20-18-16-14-12-10-8-6-4-2)47-72-60-59(70)57(68)55(66)51(76-60)48-73-61-58(69)56(67)54(65)50(45-62)75-61/h14,16,20,29,49-51,54-62,65-70H,3-13,15,17-19,21-28,30-48H2,1-2H3/b16-14-,29-20-. The highest BCUT2D eigenvalue weighted by Gasteiger charge is 2.47. The minimum absolute atomic E-state index is 0.152. The van der Waals surface area contributed by atoms with E-state index < -0.39 is 92.7 Å². The Kier molecular flexibility index (Phi) is 44.0. The molecule has 0 saturated carbocycles. The predicted molar refractivity (Wildman–Crippen MR) is 298 cm³/mol. The fourth-order valence-corrected chi connectivity index (χ4v) is 9.90. The molecule has 0 aromatic heterocycles. The second kappa shape index (κ2) is 47.8. The van der Waals surface area contributed by atoms with Crippen molar-refractivity contribution >= 4 is 11.9 Å². The molecule has 0 spiro atoms. The quantitative estimate of drug-likeness (QED) is 0.0171. The van der Waals surface area contributed by atoms with Crippen LogP contribution in [0.4, 0.5) is 0 Å². The summed E-state index contributed by atoms with van der Waals surface area (Å²) >= 11 is 0. The molecule has 76 heavy (non-hydrogen) atoms. The molecule has 2 fully saturated rings. The molecule has 0 amide bonds. The van der Waals surface area contributed by atoms with E-state index in [0.29, 0.717) is 12.8 Å². The predicted octanol–water partition coefficient (Wildman–Crippen LogP) is 11.1. The van der Waals surface area contributed by atoms with E-state index in [1.165, 1.54) is 154 Å². The fraction of sp³-hybridized carbons (Fsp3) is 0.902. The number of aliphatic hydroxyl groups excluding tert-OH is 7. The third-order valence-corrected chi connectivity index (χ3v) is 14.9. The average Bonchev–Trinajstić information content (AvgIpc) is 3.41. The van der Waals surface area contributed by atoms with Crippen LogP contribution in [0, 0.1) is 0 Å². The number of carbonyl (C=O) groups is 2. The molecule has 2 saturated heterocycles. The molecule has 11 unspecified atom stereocenters. The Labute approximate surface area is 460 Å². The zero-order valence-corrected chi connectivity index (χ0v) is 47.8. The fourth-order valence-electron chi connectivity index (χ4n) is 9.90. The summed E-state index contributed by atoms with van der Waals surface area (Å²) in [6.07, 6.45) is 36.3. The van der Waals surface area contributed by atoms with E-state index in [0.717, 1.165) is 64.2 Å². The van der Waals surface area contributed by atoms with Gasteiger partial charge >= 0.3 is 11.9 Å². The van der Waals surface area contributed by atoms with Crippen molar-refractivity contribution in [3.8, 4) is 0 Å². The average molecular weight is 1090 g/mol. The second-order valence-electron chi connectivity index (χ2n) is 21.9. The minimum atomic E-state index is -1.77. The van der Waals surface area contributed by atoms with Crippen LogP contribution in [-0.2, 0) is 38.0 Å². The summed E-state index contributed by atoms with van der Waals surface area (Å²) in [5.74, 6) is -0.927. The first kappa shape index (κ1) is 70.1. The molecule has 0 aliphatic carbocycles. The van der Waals surface area contributed by atoms with Gasteiger partial charge in [-0.3, -0.25) is 9.59 Å². The zero-order valence-electron chi connectivity index (χ0n) is 47.8. The van der Waals surface area contributed by atoms with Gasteiger partial charge in [0.15, 0.2) is 18.7 Å². The summed E-state index contributed by atoms with van der Waals surface area (Å²) < 4.78 is 33.7. The SMILES string of the molecule is CCCCCC/C=C\C/C=C\CCCCCCCC(=O)OC(COC(=O)CCCCCCCCCCCCCCCCCCCCCCCCCC)COC1OC(COC2OC(CO)C(O)C(O)C2O)C(O)C(O)C1O. The number of aliphatic hydroxyl groups is 7. The lowest BCUT2D eigenvalue weighted by Gasteiger charge is -2.42. The maximum atomic E-state index is 13.1. The first-order chi connectivity index (χ1) is 37.0. The molecule has 0 radical (unpaired) electrons. The summed E-state index contributed by atoms with van der Waals surface area (Å²) in [6, 6.07) is 0. The van der Waals surface area contributed by atoms with Gasteiger partial charge in [-0.05, 0) is 44.9 Å². The number of carbonyl (C=O) groups excluding carboxylic acids is 2. The van der Waals surface area contributed by atoms with Crippen LogP contribution < -0.4 is 0 Å². The van der Waals surface area contributed by atoms with Crippen molar-refractivity contribution in [1.29, 1.82) is 0 Å². The van der Waals surface area contributed by atoms with Crippen LogP contribution >= 0.6 is 0 Å². The summed E-state index contributed by atoms with van der Waals surface area (Å²) in [6.45, 7) is 2.61. The van der Waals surface area contributed by atoms with Gasteiger partial charge in [-0.2, -0.15) is 0 Å². The van der Waals surface area contributed by atoms with E-state index in [9.17, 15) is 45.3 Å². The maximum Gasteiger partial charge on any atom is 0.306 e. The Morgan fingerprint density at radius 1 is 0.421 bits per heavy atom. The summed E-state index contributed by atoms with van der Waals surface area (Å²) in [5, 5.41) is 72.3.